The van der Waals surface area contributed by atoms with Crippen LogP contribution in [-0.2, 0) is 6.42 Å². The number of thiazole rings is 1. The summed E-state index contributed by atoms with van der Waals surface area (Å²) in [5.41, 5.74) is 3.73. The third kappa shape index (κ3) is 2.63. The zero-order valence-electron chi connectivity index (χ0n) is 13.4. The van der Waals surface area contributed by atoms with Crippen LogP contribution in [0.25, 0.3) is 12.2 Å². The summed E-state index contributed by atoms with van der Waals surface area (Å²) in [4.78, 5) is 4.25. The first-order chi connectivity index (χ1) is 10.4. The normalized spacial score (nSPS) is 16.5. The van der Waals surface area contributed by atoms with Crippen LogP contribution in [-0.4, -0.2) is 15.7 Å². The maximum Gasteiger partial charge on any atom is 0.127 e. The monoisotopic (exact) mass is 315 g/mol. The van der Waals surface area contributed by atoms with E-state index >= 15 is 0 Å². The first kappa shape index (κ1) is 15.1. The smallest absolute Gasteiger partial charge is 0.127 e. The fourth-order valence-electron chi connectivity index (χ4n) is 2.83. The van der Waals surface area contributed by atoms with E-state index < -0.39 is 0 Å². The Balaban J connectivity index is 2.12. The van der Waals surface area contributed by atoms with Crippen molar-refractivity contribution in [3.8, 4) is 11.5 Å². The van der Waals surface area contributed by atoms with Crippen LogP contribution in [0.1, 0.15) is 47.5 Å². The minimum atomic E-state index is -0.155. The van der Waals surface area contributed by atoms with Gasteiger partial charge in [-0.05, 0) is 63.8 Å². The SMILES string of the molecule is Cc1c(C)c2c(c(C=Cc3nccs3)c1O)CCC(C)(C)O2. The molecule has 0 atom stereocenters. The lowest BCUT2D eigenvalue weighted by atomic mass is 9.87. The molecule has 116 valence electrons. The molecule has 1 aromatic carbocycles. The van der Waals surface area contributed by atoms with Gasteiger partial charge in [-0.15, -0.1) is 11.3 Å². The highest BCUT2D eigenvalue weighted by Gasteiger charge is 2.31. The van der Waals surface area contributed by atoms with Crippen LogP contribution in [0.15, 0.2) is 11.6 Å². The average molecular weight is 315 g/mol. The lowest BCUT2D eigenvalue weighted by Gasteiger charge is -2.35. The molecule has 0 spiro atoms. The largest absolute Gasteiger partial charge is 0.507 e. The van der Waals surface area contributed by atoms with Crippen molar-refractivity contribution in [1.29, 1.82) is 0 Å². The highest BCUT2D eigenvalue weighted by Crippen LogP contribution is 2.44. The molecule has 0 amide bonds. The number of aromatic hydroxyl groups is 1. The number of nitrogens with zero attached hydrogens (tertiary/aromatic N) is 1. The van der Waals surface area contributed by atoms with E-state index in [4.69, 9.17) is 4.74 Å². The Labute approximate surface area is 135 Å². The standard InChI is InChI=1S/C18H21NO2S/c1-11-12(2)17-14(7-8-18(3,4)21-17)13(16(11)20)5-6-15-19-9-10-22-15/h5-6,9-10,20H,7-8H2,1-4H3. The van der Waals surface area contributed by atoms with E-state index in [1.54, 1.807) is 17.5 Å². The summed E-state index contributed by atoms with van der Waals surface area (Å²) in [5.74, 6) is 1.29. The van der Waals surface area contributed by atoms with E-state index in [-0.39, 0.29) is 5.60 Å². The number of phenols is 1. The van der Waals surface area contributed by atoms with E-state index in [9.17, 15) is 5.11 Å². The van der Waals surface area contributed by atoms with Gasteiger partial charge in [0.15, 0.2) is 0 Å². The molecular formula is C18H21NO2S. The molecule has 0 bridgehead atoms. The Hall–Kier alpha value is -1.81. The molecular weight excluding hydrogens is 294 g/mol. The van der Waals surface area contributed by atoms with Gasteiger partial charge in [0.25, 0.3) is 0 Å². The summed E-state index contributed by atoms with van der Waals surface area (Å²) >= 11 is 1.58. The number of aromatic nitrogens is 1. The third-order valence-corrected chi connectivity index (χ3v) is 5.05. The number of benzene rings is 1. The van der Waals surface area contributed by atoms with E-state index in [2.05, 4.69) is 18.8 Å². The Morgan fingerprint density at radius 1 is 1.27 bits per heavy atom. The summed E-state index contributed by atoms with van der Waals surface area (Å²) in [5, 5.41) is 13.4. The van der Waals surface area contributed by atoms with Gasteiger partial charge in [0.1, 0.15) is 22.1 Å². The van der Waals surface area contributed by atoms with Crippen molar-refractivity contribution in [2.24, 2.45) is 0 Å². The van der Waals surface area contributed by atoms with Gasteiger partial charge >= 0.3 is 0 Å². The number of fused-ring (bicyclic) bond motifs is 1. The van der Waals surface area contributed by atoms with Gasteiger partial charge in [0, 0.05) is 22.7 Å². The van der Waals surface area contributed by atoms with E-state index in [0.717, 1.165) is 45.9 Å². The van der Waals surface area contributed by atoms with Gasteiger partial charge in [-0.3, -0.25) is 0 Å². The van der Waals surface area contributed by atoms with Crippen molar-refractivity contribution in [2.75, 3.05) is 0 Å². The Morgan fingerprint density at radius 3 is 2.73 bits per heavy atom. The number of hydrogen-bond donors (Lipinski definition) is 1. The van der Waals surface area contributed by atoms with Crippen LogP contribution in [0.5, 0.6) is 11.5 Å². The quantitative estimate of drug-likeness (QED) is 0.870. The van der Waals surface area contributed by atoms with Gasteiger partial charge in [-0.1, -0.05) is 0 Å². The first-order valence-electron chi connectivity index (χ1n) is 7.50. The molecule has 2 heterocycles. The molecule has 0 fully saturated rings. The minimum Gasteiger partial charge on any atom is -0.507 e. The van der Waals surface area contributed by atoms with Crippen molar-refractivity contribution in [3.05, 3.63) is 38.8 Å². The van der Waals surface area contributed by atoms with Crippen molar-refractivity contribution in [2.45, 2.75) is 46.1 Å². The van der Waals surface area contributed by atoms with Crippen molar-refractivity contribution in [3.63, 3.8) is 0 Å². The average Bonchev–Trinajstić information content (AvgIpc) is 2.98. The van der Waals surface area contributed by atoms with Crippen LogP contribution in [0.2, 0.25) is 0 Å². The predicted octanol–water partition coefficient (Wildman–Crippen LogP) is 4.74. The van der Waals surface area contributed by atoms with Gasteiger partial charge in [0.05, 0.1) is 0 Å². The number of rotatable bonds is 2. The zero-order chi connectivity index (χ0) is 15.9. The van der Waals surface area contributed by atoms with Crippen LogP contribution in [0, 0.1) is 13.8 Å². The molecule has 0 unspecified atom stereocenters. The number of phenolic OH excluding ortho intramolecular Hbond substituents is 1. The summed E-state index contributed by atoms with van der Waals surface area (Å²) in [6.45, 7) is 8.19. The number of hydrogen-bond acceptors (Lipinski definition) is 4. The summed E-state index contributed by atoms with van der Waals surface area (Å²) in [7, 11) is 0. The second-order valence-corrected chi connectivity index (χ2v) is 7.31. The van der Waals surface area contributed by atoms with Crippen LogP contribution >= 0.6 is 11.3 Å². The van der Waals surface area contributed by atoms with Crippen LogP contribution < -0.4 is 4.74 Å². The first-order valence-corrected chi connectivity index (χ1v) is 8.38. The molecule has 1 N–H and O–H groups in total. The molecule has 0 saturated carbocycles. The molecule has 22 heavy (non-hydrogen) atoms. The predicted molar refractivity (Wildman–Crippen MR) is 91.7 cm³/mol. The van der Waals surface area contributed by atoms with Crippen molar-refractivity contribution >= 4 is 23.5 Å². The number of ether oxygens (including phenoxy) is 1. The second kappa shape index (κ2) is 5.43. The molecule has 3 rings (SSSR count). The second-order valence-electron chi connectivity index (χ2n) is 6.39. The minimum absolute atomic E-state index is 0.155. The maximum absolute atomic E-state index is 10.6. The fourth-order valence-corrected chi connectivity index (χ4v) is 3.36. The van der Waals surface area contributed by atoms with Gasteiger partial charge in [-0.2, -0.15) is 0 Å². The molecule has 3 nitrogen and oxygen atoms in total. The highest BCUT2D eigenvalue weighted by molar-refractivity contribution is 7.10. The van der Waals surface area contributed by atoms with E-state index in [1.807, 2.05) is 31.4 Å². The Bertz CT molecular complexity index is 730. The molecule has 0 saturated heterocycles. The molecule has 1 aromatic heterocycles. The van der Waals surface area contributed by atoms with E-state index in [1.165, 1.54) is 0 Å². The Morgan fingerprint density at radius 2 is 2.05 bits per heavy atom. The maximum atomic E-state index is 10.6. The lowest BCUT2D eigenvalue weighted by molar-refractivity contribution is 0.0833. The molecule has 1 aliphatic heterocycles. The summed E-state index contributed by atoms with van der Waals surface area (Å²) in [6, 6.07) is 0. The highest BCUT2D eigenvalue weighted by atomic mass is 32.1. The van der Waals surface area contributed by atoms with Gasteiger partial charge in [-0.25, -0.2) is 4.98 Å². The summed E-state index contributed by atoms with van der Waals surface area (Å²) in [6.07, 6.45) is 7.55. The van der Waals surface area contributed by atoms with Gasteiger partial charge < -0.3 is 9.84 Å². The molecule has 4 heteroatoms. The van der Waals surface area contributed by atoms with Gasteiger partial charge in [0.2, 0.25) is 0 Å². The molecule has 1 aliphatic rings. The molecule has 2 aromatic rings. The topological polar surface area (TPSA) is 42.4 Å². The molecule has 0 aliphatic carbocycles. The lowest BCUT2D eigenvalue weighted by Crippen LogP contribution is -2.33. The fraction of sp³-hybridized carbons (Fsp3) is 0.389. The van der Waals surface area contributed by atoms with Crippen LogP contribution in [0.4, 0.5) is 0 Å². The Kier molecular flexibility index (Phi) is 3.73. The third-order valence-electron chi connectivity index (χ3n) is 4.31. The van der Waals surface area contributed by atoms with Crippen molar-refractivity contribution < 1.29 is 9.84 Å². The van der Waals surface area contributed by atoms with Crippen molar-refractivity contribution in [1.82, 2.24) is 4.98 Å². The molecule has 0 radical (unpaired) electrons. The zero-order valence-corrected chi connectivity index (χ0v) is 14.3. The van der Waals surface area contributed by atoms with Crippen LogP contribution in [0.3, 0.4) is 0 Å². The van der Waals surface area contributed by atoms with E-state index in [0.29, 0.717) is 5.75 Å². The summed E-state index contributed by atoms with van der Waals surface area (Å²) < 4.78 is 6.21.